The summed E-state index contributed by atoms with van der Waals surface area (Å²) in [6, 6.07) is 2.03. The van der Waals surface area contributed by atoms with Gasteiger partial charge in [0.15, 0.2) is 0 Å². The molecule has 0 N–H and O–H groups in total. The summed E-state index contributed by atoms with van der Waals surface area (Å²) in [7, 11) is 2.19. The van der Waals surface area contributed by atoms with E-state index in [1.807, 2.05) is 31.0 Å². The van der Waals surface area contributed by atoms with Gasteiger partial charge in [0.1, 0.15) is 0 Å². The second-order valence-electron chi connectivity index (χ2n) is 6.03. The first-order chi connectivity index (χ1) is 10.1. The molecule has 1 aromatic heterocycles. The van der Waals surface area contributed by atoms with Crippen molar-refractivity contribution < 1.29 is 4.79 Å². The maximum Gasteiger partial charge on any atom is 0.255 e. The molecule has 0 aromatic carbocycles. The first kappa shape index (κ1) is 16.0. The summed E-state index contributed by atoms with van der Waals surface area (Å²) in [6.45, 7) is 7.86. The zero-order chi connectivity index (χ0) is 15.2. The highest BCUT2D eigenvalue weighted by Gasteiger charge is 2.19. The molecule has 1 saturated heterocycles. The van der Waals surface area contributed by atoms with Gasteiger partial charge in [0.05, 0.1) is 5.56 Å². The number of piperidine rings is 1. The van der Waals surface area contributed by atoms with E-state index in [4.69, 9.17) is 0 Å². The molecular formula is C17H27N3O. The molecule has 1 amide bonds. The molecule has 2 heterocycles. The van der Waals surface area contributed by atoms with Crippen LogP contribution in [0.4, 0.5) is 0 Å². The fraction of sp³-hybridized carbons (Fsp3) is 0.647. The van der Waals surface area contributed by atoms with E-state index >= 15 is 0 Å². The Bertz CT molecular complexity index is 471. The number of carbonyl (C=O) groups is 1. The average molecular weight is 289 g/mol. The topological polar surface area (TPSA) is 36.4 Å². The summed E-state index contributed by atoms with van der Waals surface area (Å²) < 4.78 is 0. The molecule has 116 valence electrons. The van der Waals surface area contributed by atoms with E-state index in [9.17, 15) is 4.79 Å². The fourth-order valence-corrected chi connectivity index (χ4v) is 3.18. The van der Waals surface area contributed by atoms with E-state index in [1.54, 1.807) is 6.20 Å². The lowest BCUT2D eigenvalue weighted by Gasteiger charge is -2.29. The van der Waals surface area contributed by atoms with E-state index in [2.05, 4.69) is 16.9 Å². The Labute approximate surface area is 128 Å². The molecule has 1 fully saturated rings. The molecule has 1 atom stereocenters. The zero-order valence-electron chi connectivity index (χ0n) is 13.5. The van der Waals surface area contributed by atoms with Crippen molar-refractivity contribution in [1.82, 2.24) is 14.8 Å². The third kappa shape index (κ3) is 4.27. The summed E-state index contributed by atoms with van der Waals surface area (Å²) in [5.41, 5.74) is 1.91. The minimum Gasteiger partial charge on any atom is -0.339 e. The highest BCUT2D eigenvalue weighted by Crippen LogP contribution is 2.20. The molecule has 0 aliphatic carbocycles. The standard InChI is InChI=1S/C17H27N3O/c1-4-20(5-2)17(21)16-10-15(11-18-12-16)9-14-7-6-8-19(3)13-14/h10-12,14H,4-9,13H2,1-3H3/t14-/m1/s1. The van der Waals surface area contributed by atoms with E-state index < -0.39 is 0 Å². The molecule has 21 heavy (non-hydrogen) atoms. The maximum atomic E-state index is 12.4. The van der Waals surface area contributed by atoms with Gasteiger partial charge in [-0.1, -0.05) is 0 Å². The number of likely N-dealkylation sites (tertiary alicyclic amines) is 1. The minimum absolute atomic E-state index is 0.0927. The van der Waals surface area contributed by atoms with Gasteiger partial charge in [0.2, 0.25) is 0 Å². The van der Waals surface area contributed by atoms with Crippen LogP contribution in [0.5, 0.6) is 0 Å². The molecule has 4 nitrogen and oxygen atoms in total. The highest BCUT2D eigenvalue weighted by atomic mass is 16.2. The SMILES string of the molecule is CCN(CC)C(=O)c1cncc(C[C@H]2CCCN(C)C2)c1. The number of nitrogens with zero attached hydrogens (tertiary/aromatic N) is 3. The molecule has 0 saturated carbocycles. The highest BCUT2D eigenvalue weighted by molar-refractivity contribution is 5.94. The van der Waals surface area contributed by atoms with Crippen molar-refractivity contribution in [2.24, 2.45) is 5.92 Å². The molecule has 0 radical (unpaired) electrons. The Hall–Kier alpha value is -1.42. The van der Waals surface area contributed by atoms with Gasteiger partial charge in [0, 0.05) is 32.0 Å². The predicted octanol–water partition coefficient (Wildman–Crippen LogP) is 2.45. The molecule has 0 unspecified atom stereocenters. The molecule has 4 heteroatoms. The van der Waals surface area contributed by atoms with Gasteiger partial charge in [0.25, 0.3) is 5.91 Å². The largest absolute Gasteiger partial charge is 0.339 e. The van der Waals surface area contributed by atoms with Gasteiger partial charge < -0.3 is 9.80 Å². The van der Waals surface area contributed by atoms with E-state index in [-0.39, 0.29) is 5.91 Å². The van der Waals surface area contributed by atoms with E-state index in [0.717, 1.165) is 31.6 Å². The molecule has 2 rings (SSSR count). The lowest BCUT2D eigenvalue weighted by atomic mass is 9.92. The summed E-state index contributed by atoms with van der Waals surface area (Å²) in [5, 5.41) is 0. The average Bonchev–Trinajstić information content (AvgIpc) is 2.48. The Balaban J connectivity index is 2.05. The zero-order valence-corrected chi connectivity index (χ0v) is 13.5. The van der Waals surface area contributed by atoms with Crippen molar-refractivity contribution in [3.05, 3.63) is 29.6 Å². The van der Waals surface area contributed by atoms with Crippen LogP contribution in [0.25, 0.3) is 0 Å². The first-order valence-electron chi connectivity index (χ1n) is 8.05. The van der Waals surface area contributed by atoms with E-state index in [1.165, 1.54) is 24.9 Å². The summed E-state index contributed by atoms with van der Waals surface area (Å²) in [5.74, 6) is 0.777. The normalized spacial score (nSPS) is 19.5. The Morgan fingerprint density at radius 3 is 2.81 bits per heavy atom. The number of hydrogen-bond donors (Lipinski definition) is 0. The van der Waals surface area contributed by atoms with Gasteiger partial charge in [-0.05, 0) is 64.3 Å². The Morgan fingerprint density at radius 1 is 1.38 bits per heavy atom. The van der Waals surface area contributed by atoms with Crippen molar-refractivity contribution in [2.45, 2.75) is 33.1 Å². The van der Waals surface area contributed by atoms with Crippen LogP contribution < -0.4 is 0 Å². The fourth-order valence-electron chi connectivity index (χ4n) is 3.18. The third-order valence-electron chi connectivity index (χ3n) is 4.34. The minimum atomic E-state index is 0.0927. The number of amides is 1. The predicted molar refractivity (Wildman–Crippen MR) is 85.4 cm³/mol. The van der Waals surface area contributed by atoms with Crippen LogP contribution in [-0.2, 0) is 6.42 Å². The summed E-state index contributed by atoms with van der Waals surface area (Å²) in [6.07, 6.45) is 7.17. The molecule has 1 aliphatic heterocycles. The van der Waals surface area contributed by atoms with Gasteiger partial charge in [-0.25, -0.2) is 0 Å². The van der Waals surface area contributed by atoms with Crippen LogP contribution in [0.3, 0.4) is 0 Å². The third-order valence-corrected chi connectivity index (χ3v) is 4.34. The van der Waals surface area contributed by atoms with Crippen molar-refractivity contribution in [2.75, 3.05) is 33.2 Å². The number of pyridine rings is 1. The molecule has 1 aromatic rings. The van der Waals surface area contributed by atoms with Crippen LogP contribution in [0.15, 0.2) is 18.5 Å². The van der Waals surface area contributed by atoms with Crippen LogP contribution in [0.2, 0.25) is 0 Å². The number of carbonyl (C=O) groups excluding carboxylic acids is 1. The number of aromatic nitrogens is 1. The molecule has 0 spiro atoms. The molecule has 1 aliphatic rings. The van der Waals surface area contributed by atoms with Gasteiger partial charge >= 0.3 is 0 Å². The van der Waals surface area contributed by atoms with Crippen molar-refractivity contribution in [3.63, 3.8) is 0 Å². The smallest absolute Gasteiger partial charge is 0.255 e. The van der Waals surface area contributed by atoms with Crippen molar-refractivity contribution in [1.29, 1.82) is 0 Å². The van der Waals surface area contributed by atoms with Gasteiger partial charge in [-0.15, -0.1) is 0 Å². The Kier molecular flexibility index (Phi) is 5.74. The quantitative estimate of drug-likeness (QED) is 0.835. The van der Waals surface area contributed by atoms with Crippen LogP contribution >= 0.6 is 0 Å². The monoisotopic (exact) mass is 289 g/mol. The van der Waals surface area contributed by atoms with Crippen molar-refractivity contribution >= 4 is 5.91 Å². The second kappa shape index (κ2) is 7.55. The maximum absolute atomic E-state index is 12.4. The lowest BCUT2D eigenvalue weighted by molar-refractivity contribution is 0.0772. The first-order valence-corrected chi connectivity index (χ1v) is 8.05. The second-order valence-corrected chi connectivity index (χ2v) is 6.03. The summed E-state index contributed by atoms with van der Waals surface area (Å²) in [4.78, 5) is 20.9. The van der Waals surface area contributed by atoms with E-state index in [0.29, 0.717) is 5.92 Å². The molecule has 0 bridgehead atoms. The summed E-state index contributed by atoms with van der Waals surface area (Å²) >= 11 is 0. The van der Waals surface area contributed by atoms with Crippen LogP contribution in [0.1, 0.15) is 42.6 Å². The van der Waals surface area contributed by atoms with Gasteiger partial charge in [-0.2, -0.15) is 0 Å². The van der Waals surface area contributed by atoms with Gasteiger partial charge in [-0.3, -0.25) is 9.78 Å². The van der Waals surface area contributed by atoms with Crippen LogP contribution in [-0.4, -0.2) is 53.9 Å². The Morgan fingerprint density at radius 2 is 2.14 bits per heavy atom. The van der Waals surface area contributed by atoms with Crippen LogP contribution in [0, 0.1) is 5.92 Å². The number of rotatable bonds is 5. The van der Waals surface area contributed by atoms with Crippen molar-refractivity contribution in [3.8, 4) is 0 Å². The molecular weight excluding hydrogens is 262 g/mol. The number of hydrogen-bond acceptors (Lipinski definition) is 3. The lowest BCUT2D eigenvalue weighted by Crippen LogP contribution is -2.33.